The summed E-state index contributed by atoms with van der Waals surface area (Å²) in [5, 5.41) is 0. The summed E-state index contributed by atoms with van der Waals surface area (Å²) in [7, 11) is 2.92. The van der Waals surface area contributed by atoms with E-state index >= 15 is 0 Å². The van der Waals surface area contributed by atoms with E-state index in [-0.39, 0.29) is 12.5 Å². The van der Waals surface area contributed by atoms with Crippen LogP contribution in [-0.4, -0.2) is 68.0 Å². The molecule has 1 amide bonds. The lowest BCUT2D eigenvalue weighted by Gasteiger charge is -2.33. The van der Waals surface area contributed by atoms with E-state index in [4.69, 9.17) is 14.2 Å². The molecule has 1 saturated heterocycles. The molecular formula is C14H20N2O5. The fourth-order valence-electron chi connectivity index (χ4n) is 2.32. The molecule has 116 valence electrons. The Kier molecular flexibility index (Phi) is 5.35. The molecule has 2 heterocycles. The fourth-order valence-corrected chi connectivity index (χ4v) is 2.32. The Hall–Kier alpha value is -1.86. The molecule has 0 saturated carbocycles. The van der Waals surface area contributed by atoms with E-state index in [2.05, 4.69) is 0 Å². The summed E-state index contributed by atoms with van der Waals surface area (Å²) < 4.78 is 16.9. The first-order valence-corrected chi connectivity index (χ1v) is 6.79. The van der Waals surface area contributed by atoms with Crippen molar-refractivity contribution in [3.8, 4) is 0 Å². The van der Waals surface area contributed by atoms with Gasteiger partial charge in [-0.1, -0.05) is 0 Å². The van der Waals surface area contributed by atoms with Crippen LogP contribution < -0.4 is 0 Å². The number of carbonyl (C=O) groups is 2. The zero-order valence-electron chi connectivity index (χ0n) is 12.3. The van der Waals surface area contributed by atoms with Crippen LogP contribution in [0.25, 0.3) is 0 Å². The van der Waals surface area contributed by atoms with Gasteiger partial charge >= 0.3 is 5.97 Å². The number of ether oxygens (including phenoxy) is 3. The topological polar surface area (TPSA) is 70.0 Å². The average Bonchev–Trinajstić information content (AvgIpc) is 2.99. The molecule has 7 nitrogen and oxygen atoms in total. The monoisotopic (exact) mass is 296 g/mol. The molecule has 0 bridgehead atoms. The first kappa shape index (κ1) is 15.5. The van der Waals surface area contributed by atoms with Gasteiger partial charge in [-0.25, -0.2) is 4.79 Å². The van der Waals surface area contributed by atoms with Crippen molar-refractivity contribution < 1.29 is 23.8 Å². The molecule has 1 atom stereocenters. The van der Waals surface area contributed by atoms with E-state index < -0.39 is 12.0 Å². The molecule has 0 aromatic carbocycles. The SMILES string of the molecule is COCCn1cccc1C(=O)N1CCOCC1C(=O)OC. The number of aromatic nitrogens is 1. The maximum Gasteiger partial charge on any atom is 0.331 e. The number of hydrogen-bond donors (Lipinski definition) is 0. The van der Waals surface area contributed by atoms with Gasteiger partial charge in [0, 0.05) is 26.4 Å². The van der Waals surface area contributed by atoms with Gasteiger partial charge in [-0.05, 0) is 12.1 Å². The third kappa shape index (κ3) is 3.43. The van der Waals surface area contributed by atoms with E-state index in [1.54, 1.807) is 19.2 Å². The predicted octanol–water partition coefficient (Wildman–Crippen LogP) is 0.148. The summed E-state index contributed by atoms with van der Waals surface area (Å²) in [6.07, 6.45) is 1.82. The van der Waals surface area contributed by atoms with E-state index in [0.29, 0.717) is 32.0 Å². The quantitative estimate of drug-likeness (QED) is 0.723. The van der Waals surface area contributed by atoms with Crippen molar-refractivity contribution in [3.63, 3.8) is 0 Å². The predicted molar refractivity (Wildman–Crippen MR) is 74.0 cm³/mol. The van der Waals surface area contributed by atoms with Crippen molar-refractivity contribution in [3.05, 3.63) is 24.0 Å². The Labute approximate surface area is 123 Å². The molecule has 0 spiro atoms. The van der Waals surface area contributed by atoms with Gasteiger partial charge in [0.1, 0.15) is 5.69 Å². The van der Waals surface area contributed by atoms with Crippen LogP contribution in [0.2, 0.25) is 0 Å². The number of rotatable bonds is 5. The molecule has 0 N–H and O–H groups in total. The highest BCUT2D eigenvalue weighted by molar-refractivity contribution is 5.95. The summed E-state index contributed by atoms with van der Waals surface area (Å²) in [4.78, 5) is 26.0. The lowest BCUT2D eigenvalue weighted by atomic mass is 10.2. The second-order valence-corrected chi connectivity index (χ2v) is 4.69. The van der Waals surface area contributed by atoms with Gasteiger partial charge in [-0.15, -0.1) is 0 Å². The van der Waals surface area contributed by atoms with Crippen molar-refractivity contribution >= 4 is 11.9 Å². The van der Waals surface area contributed by atoms with Crippen LogP contribution in [0.1, 0.15) is 10.5 Å². The zero-order chi connectivity index (χ0) is 15.2. The van der Waals surface area contributed by atoms with Crippen LogP contribution >= 0.6 is 0 Å². The molecule has 21 heavy (non-hydrogen) atoms. The smallest absolute Gasteiger partial charge is 0.331 e. The van der Waals surface area contributed by atoms with Gasteiger partial charge in [-0.3, -0.25) is 4.79 Å². The average molecular weight is 296 g/mol. The Morgan fingerprint density at radius 2 is 2.24 bits per heavy atom. The van der Waals surface area contributed by atoms with Crippen LogP contribution in [0.3, 0.4) is 0 Å². The minimum atomic E-state index is -0.693. The number of esters is 1. The molecule has 0 radical (unpaired) electrons. The van der Waals surface area contributed by atoms with E-state index in [1.807, 2.05) is 10.8 Å². The number of methoxy groups -OCH3 is 2. The summed E-state index contributed by atoms with van der Waals surface area (Å²) in [6.45, 7) is 2.04. The highest BCUT2D eigenvalue weighted by atomic mass is 16.5. The van der Waals surface area contributed by atoms with Crippen LogP contribution in [0.15, 0.2) is 18.3 Å². The van der Waals surface area contributed by atoms with Crippen molar-refractivity contribution in [2.75, 3.05) is 40.6 Å². The number of amides is 1. The lowest BCUT2D eigenvalue weighted by Crippen LogP contribution is -2.53. The van der Waals surface area contributed by atoms with E-state index in [9.17, 15) is 9.59 Å². The minimum Gasteiger partial charge on any atom is -0.467 e. The minimum absolute atomic E-state index is 0.164. The Balaban J connectivity index is 2.17. The van der Waals surface area contributed by atoms with Crippen LogP contribution in [0.5, 0.6) is 0 Å². The van der Waals surface area contributed by atoms with Crippen LogP contribution in [0.4, 0.5) is 0 Å². The molecule has 1 aromatic heterocycles. The van der Waals surface area contributed by atoms with Crippen LogP contribution in [0, 0.1) is 0 Å². The molecule has 1 aromatic rings. The maximum absolute atomic E-state index is 12.7. The molecule has 1 fully saturated rings. The Morgan fingerprint density at radius 1 is 1.43 bits per heavy atom. The maximum atomic E-state index is 12.7. The number of nitrogens with zero attached hydrogens (tertiary/aromatic N) is 2. The van der Waals surface area contributed by atoms with Gasteiger partial charge < -0.3 is 23.7 Å². The van der Waals surface area contributed by atoms with Crippen molar-refractivity contribution in [1.29, 1.82) is 0 Å². The largest absolute Gasteiger partial charge is 0.467 e. The second kappa shape index (κ2) is 7.24. The first-order chi connectivity index (χ1) is 10.2. The Morgan fingerprint density at radius 3 is 2.95 bits per heavy atom. The molecule has 0 aliphatic carbocycles. The van der Waals surface area contributed by atoms with E-state index in [0.717, 1.165) is 0 Å². The fraction of sp³-hybridized carbons (Fsp3) is 0.571. The highest BCUT2D eigenvalue weighted by Gasteiger charge is 2.34. The number of morpholine rings is 1. The van der Waals surface area contributed by atoms with Crippen LogP contribution in [-0.2, 0) is 25.5 Å². The second-order valence-electron chi connectivity index (χ2n) is 4.69. The third-order valence-electron chi connectivity index (χ3n) is 3.45. The number of carbonyl (C=O) groups excluding carboxylic acids is 2. The summed E-state index contributed by atoms with van der Waals surface area (Å²) >= 11 is 0. The standard InChI is InChI=1S/C14H20N2O5/c1-19-8-6-15-5-3-4-11(15)13(17)16-7-9-21-10-12(16)14(18)20-2/h3-5,12H,6-10H2,1-2H3. The lowest BCUT2D eigenvalue weighted by molar-refractivity contribution is -0.151. The molecular weight excluding hydrogens is 276 g/mol. The molecule has 7 heteroatoms. The molecule has 1 aliphatic heterocycles. The summed E-state index contributed by atoms with van der Waals surface area (Å²) in [6, 6.07) is 2.85. The highest BCUT2D eigenvalue weighted by Crippen LogP contribution is 2.14. The molecule has 2 rings (SSSR count). The van der Waals surface area contributed by atoms with Gasteiger partial charge in [0.15, 0.2) is 6.04 Å². The summed E-state index contributed by atoms with van der Waals surface area (Å²) in [5.41, 5.74) is 0.530. The van der Waals surface area contributed by atoms with Gasteiger partial charge in [0.2, 0.25) is 0 Å². The van der Waals surface area contributed by atoms with Crippen molar-refractivity contribution in [2.24, 2.45) is 0 Å². The summed E-state index contributed by atoms with van der Waals surface area (Å²) in [5.74, 6) is -0.659. The van der Waals surface area contributed by atoms with Crippen molar-refractivity contribution in [2.45, 2.75) is 12.6 Å². The normalized spacial score (nSPS) is 18.6. The van der Waals surface area contributed by atoms with Crippen molar-refractivity contribution in [1.82, 2.24) is 9.47 Å². The van der Waals surface area contributed by atoms with Gasteiger partial charge in [-0.2, -0.15) is 0 Å². The Bertz CT molecular complexity index is 499. The molecule has 1 aliphatic rings. The van der Waals surface area contributed by atoms with Gasteiger partial charge in [0.25, 0.3) is 5.91 Å². The number of hydrogen-bond acceptors (Lipinski definition) is 5. The molecule has 1 unspecified atom stereocenters. The van der Waals surface area contributed by atoms with Gasteiger partial charge in [0.05, 0.1) is 26.9 Å². The first-order valence-electron chi connectivity index (χ1n) is 6.79. The zero-order valence-corrected chi connectivity index (χ0v) is 12.3. The third-order valence-corrected chi connectivity index (χ3v) is 3.45. The van der Waals surface area contributed by atoms with E-state index in [1.165, 1.54) is 12.0 Å².